The van der Waals surface area contributed by atoms with Crippen LogP contribution >= 0.6 is 0 Å². The Labute approximate surface area is 71.8 Å². The fourth-order valence-electron chi connectivity index (χ4n) is 1.56. The van der Waals surface area contributed by atoms with Crippen molar-refractivity contribution in [2.45, 2.75) is 20.8 Å². The first-order chi connectivity index (χ1) is 5.52. The molecule has 0 aromatic rings. The lowest BCUT2D eigenvalue weighted by atomic mass is 9.95. The third kappa shape index (κ3) is 1.49. The maximum absolute atomic E-state index is 10.8. The smallest absolute Gasteiger partial charge is 0.333 e. The molecule has 0 aliphatic carbocycles. The molecule has 0 saturated heterocycles. The van der Waals surface area contributed by atoms with Gasteiger partial charge in [0, 0.05) is 17.3 Å². The number of dihydropyridines is 1. The molecular weight excluding hydrogens is 154 g/mol. The molecule has 2 N–H and O–H groups in total. The molecule has 1 aliphatic rings. The predicted molar refractivity (Wildman–Crippen MR) is 46.4 cm³/mol. The Morgan fingerprint density at radius 2 is 2.17 bits per heavy atom. The number of rotatable bonds is 1. The average Bonchev–Trinajstić information content (AvgIpc) is 1.82. The molecule has 1 aliphatic heterocycles. The van der Waals surface area contributed by atoms with Gasteiger partial charge in [-0.25, -0.2) is 4.79 Å². The number of aliphatic carboxylic acids is 1. The van der Waals surface area contributed by atoms with Crippen molar-refractivity contribution in [1.29, 1.82) is 0 Å². The number of hydrogen-bond acceptors (Lipinski definition) is 2. The SMILES string of the molecule is CC1=CC(C)C(C(=O)O)=C(C)N1. The van der Waals surface area contributed by atoms with Crippen LogP contribution in [0.25, 0.3) is 0 Å². The van der Waals surface area contributed by atoms with Gasteiger partial charge in [0.2, 0.25) is 0 Å². The highest BCUT2D eigenvalue weighted by Gasteiger charge is 2.20. The molecule has 0 spiro atoms. The second-order valence-electron chi connectivity index (χ2n) is 3.11. The Kier molecular flexibility index (Phi) is 2.22. The van der Waals surface area contributed by atoms with Gasteiger partial charge < -0.3 is 10.4 Å². The Balaban J connectivity index is 2.99. The first-order valence-electron chi connectivity index (χ1n) is 3.92. The average molecular weight is 167 g/mol. The third-order valence-corrected chi connectivity index (χ3v) is 1.97. The molecule has 0 bridgehead atoms. The molecule has 1 atom stereocenters. The van der Waals surface area contributed by atoms with Gasteiger partial charge in [0.1, 0.15) is 0 Å². The molecule has 0 saturated carbocycles. The minimum Gasteiger partial charge on any atom is -0.478 e. The van der Waals surface area contributed by atoms with E-state index in [1.807, 2.05) is 19.9 Å². The van der Waals surface area contributed by atoms with Gasteiger partial charge in [0.05, 0.1) is 5.57 Å². The van der Waals surface area contributed by atoms with E-state index in [0.29, 0.717) is 5.57 Å². The van der Waals surface area contributed by atoms with Gasteiger partial charge in [0.25, 0.3) is 0 Å². The van der Waals surface area contributed by atoms with Gasteiger partial charge in [-0.05, 0) is 13.8 Å². The predicted octanol–water partition coefficient (Wildman–Crippen LogP) is 1.49. The van der Waals surface area contributed by atoms with Crippen molar-refractivity contribution in [2.75, 3.05) is 0 Å². The van der Waals surface area contributed by atoms with E-state index in [-0.39, 0.29) is 5.92 Å². The second kappa shape index (κ2) is 3.01. The molecule has 0 aromatic heterocycles. The number of nitrogens with one attached hydrogen (secondary N) is 1. The van der Waals surface area contributed by atoms with Gasteiger partial charge in [0.15, 0.2) is 0 Å². The van der Waals surface area contributed by atoms with Gasteiger partial charge in [-0.2, -0.15) is 0 Å². The number of allylic oxidation sites excluding steroid dienone is 3. The van der Waals surface area contributed by atoms with Gasteiger partial charge in [-0.15, -0.1) is 0 Å². The van der Waals surface area contributed by atoms with Crippen LogP contribution < -0.4 is 5.32 Å². The minimum atomic E-state index is -0.837. The molecule has 1 heterocycles. The van der Waals surface area contributed by atoms with Crippen molar-refractivity contribution < 1.29 is 9.90 Å². The van der Waals surface area contributed by atoms with Crippen LogP contribution in [0.2, 0.25) is 0 Å². The van der Waals surface area contributed by atoms with E-state index in [1.165, 1.54) is 0 Å². The van der Waals surface area contributed by atoms with Crippen LogP contribution in [-0.2, 0) is 4.79 Å². The summed E-state index contributed by atoms with van der Waals surface area (Å²) in [7, 11) is 0. The van der Waals surface area contributed by atoms with Crippen LogP contribution in [0.3, 0.4) is 0 Å². The van der Waals surface area contributed by atoms with E-state index >= 15 is 0 Å². The summed E-state index contributed by atoms with van der Waals surface area (Å²) in [4.78, 5) is 10.8. The summed E-state index contributed by atoms with van der Waals surface area (Å²) in [5, 5.41) is 11.8. The molecule has 66 valence electrons. The first kappa shape index (κ1) is 8.84. The molecule has 1 unspecified atom stereocenters. The zero-order valence-corrected chi connectivity index (χ0v) is 7.51. The largest absolute Gasteiger partial charge is 0.478 e. The van der Waals surface area contributed by atoms with Crippen molar-refractivity contribution in [3.05, 3.63) is 23.0 Å². The lowest BCUT2D eigenvalue weighted by Crippen LogP contribution is -2.23. The fourth-order valence-corrected chi connectivity index (χ4v) is 1.56. The lowest BCUT2D eigenvalue weighted by molar-refractivity contribution is -0.133. The summed E-state index contributed by atoms with van der Waals surface area (Å²) in [5.41, 5.74) is 2.22. The van der Waals surface area contributed by atoms with Crippen LogP contribution in [0.5, 0.6) is 0 Å². The maximum atomic E-state index is 10.8. The van der Waals surface area contributed by atoms with E-state index in [0.717, 1.165) is 11.4 Å². The maximum Gasteiger partial charge on any atom is 0.333 e. The molecule has 1 rings (SSSR count). The lowest BCUT2D eigenvalue weighted by Gasteiger charge is -2.20. The monoisotopic (exact) mass is 167 g/mol. The van der Waals surface area contributed by atoms with E-state index in [1.54, 1.807) is 6.92 Å². The molecule has 0 aromatic carbocycles. The summed E-state index contributed by atoms with van der Waals surface area (Å²) in [6.07, 6.45) is 1.91. The molecular formula is C9H13NO2. The van der Waals surface area contributed by atoms with Crippen molar-refractivity contribution in [3.63, 3.8) is 0 Å². The van der Waals surface area contributed by atoms with Crippen molar-refractivity contribution in [2.24, 2.45) is 5.92 Å². The molecule has 12 heavy (non-hydrogen) atoms. The summed E-state index contributed by atoms with van der Waals surface area (Å²) < 4.78 is 0. The molecule has 0 fully saturated rings. The van der Waals surface area contributed by atoms with Crippen molar-refractivity contribution in [1.82, 2.24) is 5.32 Å². The van der Waals surface area contributed by atoms with Crippen LogP contribution in [0.4, 0.5) is 0 Å². The summed E-state index contributed by atoms with van der Waals surface area (Å²) in [6, 6.07) is 0. The van der Waals surface area contributed by atoms with E-state index in [9.17, 15) is 4.79 Å². The number of carboxylic acid groups (broad SMARTS) is 1. The Morgan fingerprint density at radius 3 is 2.58 bits per heavy atom. The number of carbonyl (C=O) groups is 1. The Hall–Kier alpha value is -1.25. The van der Waals surface area contributed by atoms with Crippen LogP contribution in [-0.4, -0.2) is 11.1 Å². The second-order valence-corrected chi connectivity index (χ2v) is 3.11. The standard InChI is InChI=1S/C9H13NO2/c1-5-4-6(2)10-7(3)8(5)9(11)12/h4-5,10H,1-3H3,(H,11,12). The Bertz CT molecular complexity index is 276. The molecule has 3 nitrogen and oxygen atoms in total. The summed E-state index contributed by atoms with van der Waals surface area (Å²) in [6.45, 7) is 5.60. The minimum absolute atomic E-state index is 0.00347. The first-order valence-corrected chi connectivity index (χ1v) is 3.92. The molecule has 0 radical (unpaired) electrons. The highest BCUT2D eigenvalue weighted by Crippen LogP contribution is 2.21. The highest BCUT2D eigenvalue weighted by atomic mass is 16.4. The van der Waals surface area contributed by atoms with Crippen molar-refractivity contribution >= 4 is 5.97 Å². The Morgan fingerprint density at radius 1 is 1.58 bits per heavy atom. The fraction of sp³-hybridized carbons (Fsp3) is 0.444. The van der Waals surface area contributed by atoms with Crippen LogP contribution in [0.15, 0.2) is 23.0 Å². The number of carboxylic acids is 1. The van der Waals surface area contributed by atoms with Crippen LogP contribution in [0, 0.1) is 5.92 Å². The van der Waals surface area contributed by atoms with Crippen LogP contribution in [0.1, 0.15) is 20.8 Å². The zero-order chi connectivity index (χ0) is 9.30. The van der Waals surface area contributed by atoms with E-state index in [2.05, 4.69) is 5.32 Å². The topological polar surface area (TPSA) is 49.3 Å². The summed E-state index contributed by atoms with van der Waals surface area (Å²) in [5.74, 6) is -0.833. The highest BCUT2D eigenvalue weighted by molar-refractivity contribution is 5.88. The van der Waals surface area contributed by atoms with E-state index in [4.69, 9.17) is 5.11 Å². The van der Waals surface area contributed by atoms with Crippen molar-refractivity contribution in [3.8, 4) is 0 Å². The quantitative estimate of drug-likeness (QED) is 0.622. The third-order valence-electron chi connectivity index (χ3n) is 1.97. The van der Waals surface area contributed by atoms with Gasteiger partial charge >= 0.3 is 5.97 Å². The molecule has 3 heteroatoms. The normalized spacial score (nSPS) is 23.2. The van der Waals surface area contributed by atoms with Gasteiger partial charge in [-0.1, -0.05) is 13.0 Å². The zero-order valence-electron chi connectivity index (χ0n) is 7.51. The summed E-state index contributed by atoms with van der Waals surface area (Å²) >= 11 is 0. The number of hydrogen-bond donors (Lipinski definition) is 2. The molecule has 0 amide bonds. The van der Waals surface area contributed by atoms with E-state index < -0.39 is 5.97 Å². The van der Waals surface area contributed by atoms with Gasteiger partial charge in [-0.3, -0.25) is 0 Å².